The maximum atomic E-state index is 13.4. The van der Waals surface area contributed by atoms with Crippen LogP contribution in [0.5, 0.6) is 0 Å². The van der Waals surface area contributed by atoms with Gasteiger partial charge in [0.05, 0.1) is 23.4 Å². The van der Waals surface area contributed by atoms with Crippen LogP contribution >= 0.6 is 0 Å². The molecule has 0 bridgehead atoms. The number of hydrogen-bond acceptors (Lipinski definition) is 6. The molecule has 4 amide bonds. The van der Waals surface area contributed by atoms with E-state index in [1.54, 1.807) is 24.4 Å². The zero-order valence-corrected chi connectivity index (χ0v) is 23.2. The van der Waals surface area contributed by atoms with Gasteiger partial charge in [-0.25, -0.2) is 0 Å². The summed E-state index contributed by atoms with van der Waals surface area (Å²) in [5.74, 6) is 1.67. The standard InChI is InChI=1S/C31H34N6O4/c1-4-24-20(18-33-37(24)21-11-15-35(16-12-21)30(41)31(3)13-6-14-31)17-32-23-8-5-7-22-26(23)29(40)36(28(22)39)25-10-9-19(2)34-27(25)38/h1,5,7-8,18,21,25,32H,2,6,9-17H2,3H3,(H,34,38). The van der Waals surface area contributed by atoms with Gasteiger partial charge in [-0.3, -0.25) is 28.8 Å². The van der Waals surface area contributed by atoms with Gasteiger partial charge in [0.1, 0.15) is 11.7 Å². The van der Waals surface area contributed by atoms with Crippen LogP contribution in [0.2, 0.25) is 0 Å². The van der Waals surface area contributed by atoms with E-state index in [0.29, 0.717) is 49.6 Å². The third-order valence-electron chi connectivity index (χ3n) is 9.13. The number of piperidine rings is 2. The minimum absolute atomic E-state index is 0.0968. The Hall–Kier alpha value is -4.39. The van der Waals surface area contributed by atoms with E-state index in [4.69, 9.17) is 6.42 Å². The number of nitrogens with zero attached hydrogens (tertiary/aromatic N) is 4. The number of aromatic nitrogens is 2. The first-order valence-corrected chi connectivity index (χ1v) is 14.3. The Morgan fingerprint density at radius 1 is 1.20 bits per heavy atom. The highest BCUT2D eigenvalue weighted by Gasteiger charge is 2.45. The number of imide groups is 1. The Morgan fingerprint density at radius 2 is 1.95 bits per heavy atom. The fourth-order valence-corrected chi connectivity index (χ4v) is 6.51. The average Bonchev–Trinajstić information content (AvgIpc) is 3.48. The molecule has 2 N–H and O–H groups in total. The van der Waals surface area contributed by atoms with Crippen LogP contribution in [0.4, 0.5) is 5.69 Å². The molecule has 0 spiro atoms. The summed E-state index contributed by atoms with van der Waals surface area (Å²) >= 11 is 0. The quantitative estimate of drug-likeness (QED) is 0.419. The number of terminal acetylenes is 1. The molecule has 10 nitrogen and oxygen atoms in total. The first-order valence-electron chi connectivity index (χ1n) is 14.3. The number of anilines is 1. The predicted molar refractivity (Wildman–Crippen MR) is 152 cm³/mol. The number of rotatable bonds is 6. The maximum Gasteiger partial charge on any atom is 0.264 e. The van der Waals surface area contributed by atoms with Crippen molar-refractivity contribution in [1.82, 2.24) is 24.9 Å². The van der Waals surface area contributed by atoms with Crippen molar-refractivity contribution in [3.63, 3.8) is 0 Å². The SMILES string of the molecule is C#Cc1c(CNc2cccc3c2C(=O)N(C2CCC(=C)NC2=O)C3=O)cnn1C1CCN(C(=O)C2(C)CCC2)CC1. The number of amides is 4. The first-order chi connectivity index (χ1) is 19.7. The summed E-state index contributed by atoms with van der Waals surface area (Å²) in [4.78, 5) is 55.2. The highest BCUT2D eigenvalue weighted by atomic mass is 16.2. The molecule has 1 aromatic carbocycles. The van der Waals surface area contributed by atoms with Crippen molar-refractivity contribution in [3.05, 3.63) is 59.1 Å². The third-order valence-corrected chi connectivity index (χ3v) is 9.13. The molecule has 10 heteroatoms. The molecule has 4 heterocycles. The highest BCUT2D eigenvalue weighted by Crippen LogP contribution is 2.42. The molecule has 0 radical (unpaired) electrons. The normalized spacial score (nSPS) is 22.2. The van der Waals surface area contributed by atoms with E-state index in [1.165, 1.54) is 0 Å². The van der Waals surface area contributed by atoms with Crippen molar-refractivity contribution in [1.29, 1.82) is 0 Å². The Morgan fingerprint density at radius 3 is 2.61 bits per heavy atom. The van der Waals surface area contributed by atoms with Gasteiger partial charge in [-0.1, -0.05) is 31.9 Å². The number of allylic oxidation sites excluding steroid dienone is 1. The van der Waals surface area contributed by atoms with Gasteiger partial charge in [0.15, 0.2) is 0 Å². The van der Waals surface area contributed by atoms with Crippen molar-refractivity contribution in [2.24, 2.45) is 5.41 Å². The molecule has 1 aliphatic carbocycles. The molecular weight excluding hydrogens is 520 g/mol. The lowest BCUT2D eigenvalue weighted by Crippen LogP contribution is -2.51. The second kappa shape index (κ2) is 10.2. The van der Waals surface area contributed by atoms with Crippen LogP contribution in [0.15, 0.2) is 36.7 Å². The average molecular weight is 555 g/mol. The molecule has 2 saturated heterocycles. The zero-order valence-electron chi connectivity index (χ0n) is 23.2. The van der Waals surface area contributed by atoms with Crippen LogP contribution in [0, 0.1) is 17.8 Å². The number of nitrogens with one attached hydrogen (secondary N) is 2. The molecule has 212 valence electrons. The van der Waals surface area contributed by atoms with Gasteiger partial charge in [-0.2, -0.15) is 5.10 Å². The van der Waals surface area contributed by atoms with E-state index in [2.05, 4.69) is 35.2 Å². The Kier molecular flexibility index (Phi) is 6.68. The lowest BCUT2D eigenvalue weighted by Gasteiger charge is -2.43. The second-order valence-corrected chi connectivity index (χ2v) is 11.8. The first kappa shape index (κ1) is 26.8. The summed E-state index contributed by atoms with van der Waals surface area (Å²) in [6, 6.07) is 4.28. The van der Waals surface area contributed by atoms with Crippen LogP contribution < -0.4 is 10.6 Å². The molecule has 41 heavy (non-hydrogen) atoms. The van der Waals surface area contributed by atoms with E-state index >= 15 is 0 Å². The monoisotopic (exact) mass is 554 g/mol. The van der Waals surface area contributed by atoms with Gasteiger partial charge >= 0.3 is 0 Å². The molecule has 4 aliphatic rings. The largest absolute Gasteiger partial charge is 0.380 e. The van der Waals surface area contributed by atoms with Gasteiger partial charge in [0.25, 0.3) is 11.8 Å². The van der Waals surface area contributed by atoms with E-state index < -0.39 is 23.8 Å². The molecule has 1 unspecified atom stereocenters. The van der Waals surface area contributed by atoms with Crippen LogP contribution in [-0.4, -0.2) is 62.3 Å². The summed E-state index contributed by atoms with van der Waals surface area (Å²) < 4.78 is 1.88. The number of carbonyl (C=O) groups excluding carboxylic acids is 4. The second-order valence-electron chi connectivity index (χ2n) is 11.8. The lowest BCUT2D eigenvalue weighted by molar-refractivity contribution is -0.147. The molecule has 2 aromatic rings. The van der Waals surface area contributed by atoms with Crippen molar-refractivity contribution in [2.45, 2.75) is 70.5 Å². The number of hydrogen-bond donors (Lipinski definition) is 2. The molecule has 1 saturated carbocycles. The summed E-state index contributed by atoms with van der Waals surface area (Å²) in [5.41, 5.74) is 2.85. The smallest absolute Gasteiger partial charge is 0.264 e. The van der Waals surface area contributed by atoms with Crippen LogP contribution in [-0.2, 0) is 16.1 Å². The number of benzene rings is 1. The van der Waals surface area contributed by atoms with Crippen molar-refractivity contribution >= 4 is 29.3 Å². The highest BCUT2D eigenvalue weighted by molar-refractivity contribution is 6.25. The molecule has 1 atom stereocenters. The van der Waals surface area contributed by atoms with Gasteiger partial charge in [-0.05, 0) is 50.7 Å². The minimum atomic E-state index is -0.870. The number of likely N-dealkylation sites (tertiary alicyclic amines) is 1. The van der Waals surface area contributed by atoms with Gasteiger partial charge < -0.3 is 15.5 Å². The van der Waals surface area contributed by atoms with Gasteiger partial charge in [-0.15, -0.1) is 6.42 Å². The number of fused-ring (bicyclic) bond motifs is 1. The number of carbonyl (C=O) groups is 4. The third kappa shape index (κ3) is 4.49. The van der Waals surface area contributed by atoms with Crippen LogP contribution in [0.25, 0.3) is 0 Å². The van der Waals surface area contributed by atoms with Crippen LogP contribution in [0.1, 0.15) is 89.9 Å². The Balaban J connectivity index is 1.15. The topological polar surface area (TPSA) is 117 Å². The summed E-state index contributed by atoms with van der Waals surface area (Å²) in [5, 5.41) is 10.5. The van der Waals surface area contributed by atoms with Crippen molar-refractivity contribution < 1.29 is 19.2 Å². The van der Waals surface area contributed by atoms with Gasteiger partial charge in [0.2, 0.25) is 11.8 Å². The summed E-state index contributed by atoms with van der Waals surface area (Å²) in [6.07, 6.45) is 13.1. The van der Waals surface area contributed by atoms with E-state index in [9.17, 15) is 19.2 Å². The summed E-state index contributed by atoms with van der Waals surface area (Å²) in [6.45, 7) is 7.52. The fraction of sp³-hybridized carbons (Fsp3) is 0.452. The van der Waals surface area contributed by atoms with Gasteiger partial charge in [0, 0.05) is 42.0 Å². The molecular formula is C31H34N6O4. The predicted octanol–water partition coefficient (Wildman–Crippen LogP) is 3.22. The maximum absolute atomic E-state index is 13.4. The van der Waals surface area contributed by atoms with E-state index in [-0.39, 0.29) is 28.5 Å². The van der Waals surface area contributed by atoms with E-state index in [0.717, 1.165) is 42.6 Å². The fourth-order valence-electron chi connectivity index (χ4n) is 6.51. The molecule has 1 aromatic heterocycles. The van der Waals surface area contributed by atoms with Crippen molar-refractivity contribution in [2.75, 3.05) is 18.4 Å². The zero-order chi connectivity index (χ0) is 28.9. The molecule has 3 fully saturated rings. The lowest BCUT2D eigenvalue weighted by atomic mass is 9.69. The summed E-state index contributed by atoms with van der Waals surface area (Å²) in [7, 11) is 0. The minimum Gasteiger partial charge on any atom is -0.380 e. The van der Waals surface area contributed by atoms with Crippen LogP contribution in [0.3, 0.4) is 0 Å². The van der Waals surface area contributed by atoms with Crippen molar-refractivity contribution in [3.8, 4) is 12.3 Å². The molecule has 6 rings (SSSR count). The molecule has 3 aliphatic heterocycles. The Labute approximate surface area is 239 Å². The van der Waals surface area contributed by atoms with E-state index in [1.807, 2.05) is 9.58 Å². The Bertz CT molecular complexity index is 1500.